The van der Waals surface area contributed by atoms with Crippen molar-refractivity contribution < 1.29 is 14.5 Å². The van der Waals surface area contributed by atoms with Gasteiger partial charge in [-0.3, -0.25) is 0 Å². The molecule has 0 aromatic heterocycles. The summed E-state index contributed by atoms with van der Waals surface area (Å²) in [6.07, 6.45) is -0.0319. The fraction of sp³-hybridized carbons (Fsp3) is 1.00. The zero-order valence-corrected chi connectivity index (χ0v) is 7.80. The van der Waals surface area contributed by atoms with Crippen LogP contribution < -0.4 is 0 Å². The molecule has 1 rings (SSSR count). The monoisotopic (exact) mass is 160 g/mol. The summed E-state index contributed by atoms with van der Waals surface area (Å²) in [4.78, 5) is 10.1. The van der Waals surface area contributed by atoms with E-state index in [2.05, 4.69) is 0 Å². The summed E-state index contributed by atoms with van der Waals surface area (Å²) in [5, 5.41) is 0. The lowest BCUT2D eigenvalue weighted by molar-refractivity contribution is -0.505. The van der Waals surface area contributed by atoms with Gasteiger partial charge in [0, 0.05) is 0 Å². The molecule has 1 atom stereocenters. The van der Waals surface area contributed by atoms with Crippen LogP contribution in [0.4, 0.5) is 0 Å². The van der Waals surface area contributed by atoms with E-state index in [0.29, 0.717) is 0 Å². The average molecular weight is 160 g/mol. The Morgan fingerprint density at radius 2 is 1.64 bits per heavy atom. The van der Waals surface area contributed by atoms with Gasteiger partial charge in [-0.25, -0.2) is 9.78 Å². The van der Waals surface area contributed by atoms with Gasteiger partial charge in [0.05, 0.1) is 5.60 Å². The van der Waals surface area contributed by atoms with E-state index in [-0.39, 0.29) is 11.7 Å². The Kier molecular flexibility index (Phi) is 1.99. The molecule has 0 spiro atoms. The quantitative estimate of drug-likeness (QED) is 0.506. The maximum Gasteiger partial charge on any atom is 0.196 e. The molecular formula is C8H16O3. The van der Waals surface area contributed by atoms with Gasteiger partial charge >= 0.3 is 0 Å². The van der Waals surface area contributed by atoms with Crippen LogP contribution in [0.15, 0.2) is 0 Å². The van der Waals surface area contributed by atoms with Crippen LogP contribution >= 0.6 is 0 Å². The van der Waals surface area contributed by atoms with Gasteiger partial charge in [0.15, 0.2) is 5.79 Å². The number of hydrogen-bond donors (Lipinski definition) is 0. The van der Waals surface area contributed by atoms with Crippen molar-refractivity contribution in [1.82, 2.24) is 0 Å². The van der Waals surface area contributed by atoms with Crippen LogP contribution in [0.5, 0.6) is 0 Å². The number of hydrogen-bond acceptors (Lipinski definition) is 3. The molecule has 0 amide bonds. The summed E-state index contributed by atoms with van der Waals surface area (Å²) in [6.45, 7) is 9.57. The van der Waals surface area contributed by atoms with Crippen molar-refractivity contribution in [3.63, 3.8) is 0 Å². The molecule has 66 valence electrons. The van der Waals surface area contributed by atoms with Gasteiger partial charge in [-0.05, 0) is 34.6 Å². The molecule has 11 heavy (non-hydrogen) atoms. The Labute approximate surface area is 67.6 Å². The van der Waals surface area contributed by atoms with Crippen LogP contribution in [0.2, 0.25) is 0 Å². The SMILES string of the molecule is CC1OOC(C)(C)OC1(C)C. The fourth-order valence-electron chi connectivity index (χ4n) is 1.04. The van der Waals surface area contributed by atoms with Gasteiger partial charge in [0.1, 0.15) is 6.10 Å². The smallest absolute Gasteiger partial charge is 0.196 e. The Morgan fingerprint density at radius 1 is 1.09 bits per heavy atom. The van der Waals surface area contributed by atoms with Crippen molar-refractivity contribution in [3.8, 4) is 0 Å². The summed E-state index contributed by atoms with van der Waals surface area (Å²) in [5.74, 6) is -0.629. The van der Waals surface area contributed by atoms with Gasteiger partial charge in [-0.15, -0.1) is 0 Å². The summed E-state index contributed by atoms with van der Waals surface area (Å²) in [5.41, 5.74) is -0.276. The summed E-state index contributed by atoms with van der Waals surface area (Å²) < 4.78 is 5.63. The molecule has 0 radical (unpaired) electrons. The van der Waals surface area contributed by atoms with Crippen LogP contribution in [0.3, 0.4) is 0 Å². The van der Waals surface area contributed by atoms with E-state index in [9.17, 15) is 0 Å². The summed E-state index contributed by atoms with van der Waals surface area (Å²) in [7, 11) is 0. The minimum absolute atomic E-state index is 0.0319. The highest BCUT2D eigenvalue weighted by Crippen LogP contribution is 2.31. The Balaban J connectivity index is 2.67. The predicted octanol–water partition coefficient (Wildman–Crippen LogP) is 1.87. The van der Waals surface area contributed by atoms with E-state index >= 15 is 0 Å². The molecule has 0 aromatic rings. The first-order valence-electron chi connectivity index (χ1n) is 3.88. The zero-order valence-electron chi connectivity index (χ0n) is 7.80. The lowest BCUT2D eigenvalue weighted by atomic mass is 10.0. The molecule has 1 fully saturated rings. The molecule has 0 aromatic carbocycles. The second-order valence-corrected chi connectivity index (χ2v) is 3.93. The predicted molar refractivity (Wildman–Crippen MR) is 40.9 cm³/mol. The first kappa shape index (κ1) is 8.97. The second kappa shape index (κ2) is 2.44. The molecule has 1 saturated heterocycles. The number of rotatable bonds is 0. The third-order valence-electron chi connectivity index (χ3n) is 1.88. The van der Waals surface area contributed by atoms with E-state index in [4.69, 9.17) is 14.5 Å². The minimum atomic E-state index is -0.629. The van der Waals surface area contributed by atoms with Gasteiger partial charge in [0.2, 0.25) is 0 Å². The van der Waals surface area contributed by atoms with Crippen LogP contribution in [-0.4, -0.2) is 17.5 Å². The highest BCUT2D eigenvalue weighted by atomic mass is 17.2. The summed E-state index contributed by atoms with van der Waals surface area (Å²) in [6, 6.07) is 0. The van der Waals surface area contributed by atoms with Crippen molar-refractivity contribution in [3.05, 3.63) is 0 Å². The molecule has 3 heteroatoms. The van der Waals surface area contributed by atoms with Crippen molar-refractivity contribution in [2.45, 2.75) is 52.1 Å². The molecule has 0 bridgehead atoms. The lowest BCUT2D eigenvalue weighted by Crippen LogP contribution is -2.52. The van der Waals surface area contributed by atoms with Crippen LogP contribution in [-0.2, 0) is 14.5 Å². The fourth-order valence-corrected chi connectivity index (χ4v) is 1.04. The molecule has 1 aliphatic rings. The molecule has 1 aliphatic heterocycles. The zero-order chi connectivity index (χ0) is 8.70. The van der Waals surface area contributed by atoms with Crippen LogP contribution in [0, 0.1) is 0 Å². The van der Waals surface area contributed by atoms with E-state index in [1.165, 1.54) is 0 Å². The van der Waals surface area contributed by atoms with Crippen molar-refractivity contribution in [1.29, 1.82) is 0 Å². The Hall–Kier alpha value is -0.120. The van der Waals surface area contributed by atoms with E-state index in [1.807, 2.05) is 34.6 Å². The minimum Gasteiger partial charge on any atom is -0.339 e. The lowest BCUT2D eigenvalue weighted by Gasteiger charge is -2.43. The third-order valence-corrected chi connectivity index (χ3v) is 1.88. The maximum atomic E-state index is 5.63. The van der Waals surface area contributed by atoms with Crippen molar-refractivity contribution >= 4 is 0 Å². The molecule has 0 N–H and O–H groups in total. The first-order chi connectivity index (χ1) is 4.83. The van der Waals surface area contributed by atoms with Gasteiger partial charge in [-0.2, -0.15) is 0 Å². The van der Waals surface area contributed by atoms with Gasteiger partial charge in [0.25, 0.3) is 0 Å². The molecule has 0 aliphatic carbocycles. The molecule has 1 heterocycles. The molecule has 1 unspecified atom stereocenters. The van der Waals surface area contributed by atoms with Crippen LogP contribution in [0.1, 0.15) is 34.6 Å². The standard InChI is InChI=1S/C8H16O3/c1-6-7(2,3)10-8(4,5)11-9-6/h6H,1-5H3. The largest absolute Gasteiger partial charge is 0.339 e. The van der Waals surface area contributed by atoms with Crippen molar-refractivity contribution in [2.75, 3.05) is 0 Å². The Morgan fingerprint density at radius 3 is 2.00 bits per heavy atom. The Bertz CT molecular complexity index is 151. The van der Waals surface area contributed by atoms with Gasteiger partial charge < -0.3 is 4.74 Å². The molecule has 0 saturated carbocycles. The first-order valence-corrected chi connectivity index (χ1v) is 3.88. The topological polar surface area (TPSA) is 27.7 Å². The maximum absolute atomic E-state index is 5.63. The highest BCUT2D eigenvalue weighted by molar-refractivity contribution is 4.80. The number of ether oxygens (including phenoxy) is 1. The van der Waals surface area contributed by atoms with Gasteiger partial charge in [-0.1, -0.05) is 0 Å². The molecular weight excluding hydrogens is 144 g/mol. The third kappa shape index (κ3) is 1.92. The van der Waals surface area contributed by atoms with Crippen LogP contribution in [0.25, 0.3) is 0 Å². The van der Waals surface area contributed by atoms with E-state index in [0.717, 1.165) is 0 Å². The molecule has 3 nitrogen and oxygen atoms in total. The summed E-state index contributed by atoms with van der Waals surface area (Å²) >= 11 is 0. The second-order valence-electron chi connectivity index (χ2n) is 3.93. The average Bonchev–Trinajstić information content (AvgIpc) is 1.77. The van der Waals surface area contributed by atoms with Crippen molar-refractivity contribution in [2.24, 2.45) is 0 Å². The van der Waals surface area contributed by atoms with E-state index in [1.54, 1.807) is 0 Å². The normalized spacial score (nSPS) is 35.2. The van der Waals surface area contributed by atoms with E-state index < -0.39 is 5.79 Å². The highest BCUT2D eigenvalue weighted by Gasteiger charge is 2.41.